The number of hydrogen-bond acceptors (Lipinski definition) is 3. The summed E-state index contributed by atoms with van der Waals surface area (Å²) in [6, 6.07) is 15.0. The molecule has 1 aliphatic heterocycles. The first-order chi connectivity index (χ1) is 12.8. The van der Waals surface area contributed by atoms with Gasteiger partial charge in [0.15, 0.2) is 0 Å². The van der Waals surface area contributed by atoms with E-state index in [1.165, 1.54) is 4.31 Å². The lowest BCUT2D eigenvalue weighted by Crippen LogP contribution is -2.41. The van der Waals surface area contributed by atoms with Gasteiger partial charge in [0.1, 0.15) is 0 Å². The van der Waals surface area contributed by atoms with Gasteiger partial charge in [-0.05, 0) is 49.6 Å². The summed E-state index contributed by atoms with van der Waals surface area (Å²) in [5.74, 6) is -0.223. The van der Waals surface area contributed by atoms with Gasteiger partial charge in [0, 0.05) is 29.2 Å². The summed E-state index contributed by atoms with van der Waals surface area (Å²) in [5.41, 5.74) is 2.66. The Bertz CT molecular complexity index is 905. The average molecular weight is 451 g/mol. The monoisotopic (exact) mass is 450 g/mol. The fraction of sp³-hybridized carbons (Fsp3) is 0.350. The standard InChI is InChI=1S/C20H23BrN2O3S/c1-15-5-7-19(8-6-15)22-20(24)17-9-11-23(12-10-17)27(25,26)14-16-3-2-4-18(21)13-16/h2-8,13,17H,9-12,14H2,1H3,(H,22,24). The molecule has 1 fully saturated rings. The highest BCUT2D eigenvalue weighted by Gasteiger charge is 2.31. The fourth-order valence-electron chi connectivity index (χ4n) is 3.21. The zero-order chi connectivity index (χ0) is 19.4. The number of rotatable bonds is 5. The van der Waals surface area contributed by atoms with Gasteiger partial charge in [-0.3, -0.25) is 4.79 Å². The quantitative estimate of drug-likeness (QED) is 0.749. The maximum atomic E-state index is 12.7. The van der Waals surface area contributed by atoms with E-state index in [2.05, 4.69) is 21.2 Å². The van der Waals surface area contributed by atoms with E-state index in [1.807, 2.05) is 55.5 Å². The van der Waals surface area contributed by atoms with Gasteiger partial charge in [0.2, 0.25) is 15.9 Å². The summed E-state index contributed by atoms with van der Waals surface area (Å²) < 4.78 is 27.7. The highest BCUT2D eigenvalue weighted by atomic mass is 79.9. The Morgan fingerprint density at radius 1 is 1.15 bits per heavy atom. The van der Waals surface area contributed by atoms with Crippen LogP contribution in [0.4, 0.5) is 5.69 Å². The Balaban J connectivity index is 1.56. The number of carbonyl (C=O) groups is 1. The van der Waals surface area contributed by atoms with Crippen LogP contribution < -0.4 is 5.32 Å². The van der Waals surface area contributed by atoms with Gasteiger partial charge in [0.25, 0.3) is 0 Å². The minimum Gasteiger partial charge on any atom is -0.326 e. The summed E-state index contributed by atoms with van der Waals surface area (Å²) >= 11 is 3.37. The first-order valence-electron chi connectivity index (χ1n) is 8.93. The molecule has 0 spiro atoms. The van der Waals surface area contributed by atoms with Gasteiger partial charge in [-0.1, -0.05) is 45.8 Å². The van der Waals surface area contributed by atoms with Gasteiger partial charge in [-0.25, -0.2) is 12.7 Å². The van der Waals surface area contributed by atoms with Gasteiger partial charge in [-0.15, -0.1) is 0 Å². The number of benzene rings is 2. The van der Waals surface area contributed by atoms with Crippen molar-refractivity contribution in [1.29, 1.82) is 0 Å². The van der Waals surface area contributed by atoms with Crippen LogP contribution in [0.15, 0.2) is 53.0 Å². The Morgan fingerprint density at radius 3 is 2.44 bits per heavy atom. The number of piperidine rings is 1. The van der Waals surface area contributed by atoms with Crippen molar-refractivity contribution in [2.24, 2.45) is 5.92 Å². The van der Waals surface area contributed by atoms with Crippen molar-refractivity contribution in [2.45, 2.75) is 25.5 Å². The molecule has 1 saturated heterocycles. The van der Waals surface area contributed by atoms with Gasteiger partial charge < -0.3 is 5.32 Å². The summed E-state index contributed by atoms with van der Waals surface area (Å²) in [7, 11) is -3.39. The lowest BCUT2D eigenvalue weighted by atomic mass is 9.97. The fourth-order valence-corrected chi connectivity index (χ4v) is 5.20. The molecule has 5 nitrogen and oxygen atoms in total. The predicted octanol–water partition coefficient (Wildman–Crippen LogP) is 3.94. The third-order valence-corrected chi connectivity index (χ3v) is 7.12. The van der Waals surface area contributed by atoms with Crippen LogP contribution in [-0.2, 0) is 20.6 Å². The molecule has 1 N–H and O–H groups in total. The minimum absolute atomic E-state index is 0.0212. The summed E-state index contributed by atoms with van der Waals surface area (Å²) in [5, 5.41) is 2.93. The lowest BCUT2D eigenvalue weighted by Gasteiger charge is -2.30. The van der Waals surface area contributed by atoms with E-state index in [0.29, 0.717) is 25.9 Å². The van der Waals surface area contributed by atoms with Crippen LogP contribution in [0.5, 0.6) is 0 Å². The second kappa shape index (κ2) is 8.54. The number of nitrogens with zero attached hydrogens (tertiary/aromatic N) is 1. The van der Waals surface area contributed by atoms with Crippen molar-refractivity contribution in [3.05, 3.63) is 64.1 Å². The number of anilines is 1. The topological polar surface area (TPSA) is 66.5 Å². The second-order valence-corrected chi connectivity index (χ2v) is 9.80. The van der Waals surface area contributed by atoms with Crippen LogP contribution in [0.1, 0.15) is 24.0 Å². The Kier molecular flexibility index (Phi) is 6.34. The highest BCUT2D eigenvalue weighted by Crippen LogP contribution is 2.24. The normalized spacial score (nSPS) is 16.2. The van der Waals surface area contributed by atoms with Crippen LogP contribution >= 0.6 is 15.9 Å². The van der Waals surface area contributed by atoms with Crippen LogP contribution in [0.25, 0.3) is 0 Å². The number of halogens is 1. The van der Waals surface area contributed by atoms with Crippen molar-refractivity contribution in [2.75, 3.05) is 18.4 Å². The number of aryl methyl sites for hydroxylation is 1. The minimum atomic E-state index is -3.39. The summed E-state index contributed by atoms with van der Waals surface area (Å²) in [6.07, 6.45) is 1.07. The second-order valence-electron chi connectivity index (χ2n) is 6.91. The van der Waals surface area contributed by atoms with Crippen molar-refractivity contribution >= 4 is 37.5 Å². The highest BCUT2D eigenvalue weighted by molar-refractivity contribution is 9.10. The molecule has 0 aromatic heterocycles. The molecule has 0 aliphatic carbocycles. The molecular weight excluding hydrogens is 428 g/mol. The molecule has 3 rings (SSSR count). The van der Waals surface area contributed by atoms with Crippen LogP contribution in [0.2, 0.25) is 0 Å². The zero-order valence-corrected chi connectivity index (χ0v) is 17.6. The molecule has 1 amide bonds. The van der Waals surface area contributed by atoms with Gasteiger partial charge >= 0.3 is 0 Å². The van der Waals surface area contributed by atoms with E-state index >= 15 is 0 Å². The van der Waals surface area contributed by atoms with Crippen LogP contribution in [-0.4, -0.2) is 31.7 Å². The van der Waals surface area contributed by atoms with Crippen LogP contribution in [0.3, 0.4) is 0 Å². The van der Waals surface area contributed by atoms with Crippen molar-refractivity contribution < 1.29 is 13.2 Å². The first-order valence-corrected chi connectivity index (χ1v) is 11.3. The molecule has 0 atom stereocenters. The third kappa shape index (κ3) is 5.40. The van der Waals surface area contributed by atoms with E-state index in [4.69, 9.17) is 0 Å². The Labute approximate surface area is 169 Å². The van der Waals surface area contributed by atoms with Gasteiger partial charge in [-0.2, -0.15) is 0 Å². The van der Waals surface area contributed by atoms with E-state index in [-0.39, 0.29) is 17.6 Å². The molecular formula is C20H23BrN2O3S. The third-order valence-electron chi connectivity index (χ3n) is 4.78. The van der Waals surface area contributed by atoms with E-state index in [9.17, 15) is 13.2 Å². The molecule has 2 aromatic carbocycles. The summed E-state index contributed by atoms with van der Waals surface area (Å²) in [4.78, 5) is 12.5. The molecule has 27 heavy (non-hydrogen) atoms. The molecule has 1 heterocycles. The Hall–Kier alpha value is -1.70. The van der Waals surface area contributed by atoms with E-state index in [1.54, 1.807) is 0 Å². The molecule has 0 saturated carbocycles. The van der Waals surface area contributed by atoms with Crippen molar-refractivity contribution in [3.8, 4) is 0 Å². The largest absolute Gasteiger partial charge is 0.326 e. The molecule has 144 valence electrons. The number of sulfonamides is 1. The maximum Gasteiger partial charge on any atom is 0.227 e. The molecule has 0 unspecified atom stereocenters. The average Bonchev–Trinajstić information content (AvgIpc) is 2.63. The number of carbonyl (C=O) groups excluding carboxylic acids is 1. The molecule has 0 bridgehead atoms. The number of amides is 1. The Morgan fingerprint density at radius 2 is 1.81 bits per heavy atom. The predicted molar refractivity (Wildman–Crippen MR) is 111 cm³/mol. The first kappa shape index (κ1) is 20.0. The molecule has 0 radical (unpaired) electrons. The maximum absolute atomic E-state index is 12.7. The van der Waals surface area contributed by atoms with Crippen molar-refractivity contribution in [3.63, 3.8) is 0 Å². The number of nitrogens with one attached hydrogen (secondary N) is 1. The van der Waals surface area contributed by atoms with Crippen molar-refractivity contribution in [1.82, 2.24) is 4.31 Å². The van der Waals surface area contributed by atoms with E-state index in [0.717, 1.165) is 21.3 Å². The molecule has 1 aliphatic rings. The smallest absolute Gasteiger partial charge is 0.227 e. The van der Waals surface area contributed by atoms with Gasteiger partial charge in [0.05, 0.1) is 5.75 Å². The molecule has 7 heteroatoms. The lowest BCUT2D eigenvalue weighted by molar-refractivity contribution is -0.120. The van der Waals surface area contributed by atoms with E-state index < -0.39 is 10.0 Å². The summed E-state index contributed by atoms with van der Waals surface area (Å²) in [6.45, 7) is 2.75. The molecule has 2 aromatic rings. The SMILES string of the molecule is Cc1ccc(NC(=O)C2CCN(S(=O)(=O)Cc3cccc(Br)c3)CC2)cc1. The van der Waals surface area contributed by atoms with Crippen LogP contribution in [0, 0.1) is 12.8 Å². The number of hydrogen-bond donors (Lipinski definition) is 1. The zero-order valence-electron chi connectivity index (χ0n) is 15.2.